The molecule has 0 aliphatic carbocycles. The Balaban J connectivity index is 1.51. The maximum Gasteiger partial charge on any atom is 0.127 e. The highest BCUT2D eigenvalue weighted by Gasteiger charge is 2.20. The topological polar surface area (TPSA) is 33.1 Å². The van der Waals surface area contributed by atoms with Crippen molar-refractivity contribution >= 4 is 0 Å². The van der Waals surface area contributed by atoms with Crippen LogP contribution in [-0.4, -0.2) is 33.8 Å². The van der Waals surface area contributed by atoms with E-state index in [1.54, 1.807) is 12.1 Å². The van der Waals surface area contributed by atoms with E-state index in [4.69, 9.17) is 0 Å². The molecule has 2 heterocycles. The van der Waals surface area contributed by atoms with Crippen LogP contribution >= 0.6 is 0 Å². The second kappa shape index (κ2) is 7.70. The standard InChI is InChI=1S/C18H25FN4/c1-2-23-11-9-16(21-23)12-20-17-7-5-10-22(14-17)13-15-6-3-4-8-18(15)19/h3-4,6,8-9,11,17,20H,2,5,7,10,12-14H2,1H3. The maximum absolute atomic E-state index is 13.8. The molecule has 1 aromatic heterocycles. The molecule has 124 valence electrons. The van der Waals surface area contributed by atoms with Gasteiger partial charge in [-0.25, -0.2) is 4.39 Å². The number of piperidine rings is 1. The monoisotopic (exact) mass is 316 g/mol. The number of halogens is 1. The van der Waals surface area contributed by atoms with E-state index < -0.39 is 0 Å². The van der Waals surface area contributed by atoms with Crippen molar-refractivity contribution in [3.63, 3.8) is 0 Å². The van der Waals surface area contributed by atoms with E-state index in [2.05, 4.69) is 28.3 Å². The predicted octanol–water partition coefficient (Wildman–Crippen LogP) is 2.80. The summed E-state index contributed by atoms with van der Waals surface area (Å²) in [5.41, 5.74) is 1.87. The van der Waals surface area contributed by atoms with Crippen LogP contribution in [0.3, 0.4) is 0 Å². The summed E-state index contributed by atoms with van der Waals surface area (Å²) in [5.74, 6) is -0.104. The van der Waals surface area contributed by atoms with Crippen molar-refractivity contribution in [2.45, 2.75) is 45.4 Å². The Hall–Kier alpha value is -1.72. The molecule has 0 radical (unpaired) electrons. The summed E-state index contributed by atoms with van der Waals surface area (Å²) in [4.78, 5) is 2.34. The SMILES string of the molecule is CCn1ccc(CNC2CCCN(Cc3ccccc3F)C2)n1. The fourth-order valence-corrected chi connectivity index (χ4v) is 3.16. The lowest BCUT2D eigenvalue weighted by molar-refractivity contribution is 0.180. The third kappa shape index (κ3) is 4.39. The van der Waals surface area contributed by atoms with Crippen molar-refractivity contribution < 1.29 is 4.39 Å². The lowest BCUT2D eigenvalue weighted by Gasteiger charge is -2.33. The first-order valence-corrected chi connectivity index (χ1v) is 8.46. The van der Waals surface area contributed by atoms with Gasteiger partial charge in [-0.05, 0) is 38.4 Å². The fraction of sp³-hybridized carbons (Fsp3) is 0.500. The fourth-order valence-electron chi connectivity index (χ4n) is 3.16. The molecule has 0 bridgehead atoms. The van der Waals surface area contributed by atoms with Gasteiger partial charge in [0, 0.05) is 44.0 Å². The number of nitrogens with zero attached hydrogens (tertiary/aromatic N) is 3. The molecule has 5 heteroatoms. The summed E-state index contributed by atoms with van der Waals surface area (Å²) < 4.78 is 15.7. The van der Waals surface area contributed by atoms with Gasteiger partial charge in [0.2, 0.25) is 0 Å². The summed E-state index contributed by atoms with van der Waals surface area (Å²) in [5, 5.41) is 8.10. The largest absolute Gasteiger partial charge is 0.307 e. The zero-order chi connectivity index (χ0) is 16.1. The number of benzene rings is 1. The van der Waals surface area contributed by atoms with Gasteiger partial charge in [-0.1, -0.05) is 18.2 Å². The molecule has 0 amide bonds. The van der Waals surface area contributed by atoms with Crippen LogP contribution in [0.2, 0.25) is 0 Å². The summed E-state index contributed by atoms with van der Waals surface area (Å²) in [6.07, 6.45) is 4.33. The Bertz CT molecular complexity index is 625. The van der Waals surface area contributed by atoms with Gasteiger partial charge in [-0.3, -0.25) is 9.58 Å². The Labute approximate surface area is 137 Å². The van der Waals surface area contributed by atoms with E-state index in [1.165, 1.54) is 6.42 Å². The number of hydrogen-bond acceptors (Lipinski definition) is 3. The molecule has 1 aliphatic rings. The van der Waals surface area contributed by atoms with Crippen molar-refractivity contribution in [2.75, 3.05) is 13.1 Å². The minimum atomic E-state index is -0.104. The van der Waals surface area contributed by atoms with Crippen molar-refractivity contribution in [1.82, 2.24) is 20.0 Å². The summed E-state index contributed by atoms with van der Waals surface area (Å²) >= 11 is 0. The quantitative estimate of drug-likeness (QED) is 0.889. The first-order valence-electron chi connectivity index (χ1n) is 8.46. The van der Waals surface area contributed by atoms with E-state index in [1.807, 2.05) is 23.0 Å². The molecule has 2 aromatic rings. The Morgan fingerprint density at radius 3 is 2.96 bits per heavy atom. The second-order valence-corrected chi connectivity index (χ2v) is 6.21. The molecule has 1 N–H and O–H groups in total. The van der Waals surface area contributed by atoms with Crippen LogP contribution in [0, 0.1) is 5.82 Å². The zero-order valence-corrected chi connectivity index (χ0v) is 13.7. The molecule has 1 unspecified atom stereocenters. The van der Waals surface area contributed by atoms with Gasteiger partial charge < -0.3 is 5.32 Å². The maximum atomic E-state index is 13.8. The minimum Gasteiger partial charge on any atom is -0.307 e. The average molecular weight is 316 g/mol. The summed E-state index contributed by atoms with van der Waals surface area (Å²) in [6, 6.07) is 9.58. The van der Waals surface area contributed by atoms with Crippen LogP contribution in [0.1, 0.15) is 31.0 Å². The highest BCUT2D eigenvalue weighted by molar-refractivity contribution is 5.17. The van der Waals surface area contributed by atoms with Crippen LogP contribution in [0.15, 0.2) is 36.5 Å². The zero-order valence-electron chi connectivity index (χ0n) is 13.7. The molecular formula is C18H25FN4. The molecule has 1 aliphatic heterocycles. The highest BCUT2D eigenvalue weighted by atomic mass is 19.1. The Kier molecular flexibility index (Phi) is 5.41. The number of rotatable bonds is 6. The molecule has 1 atom stereocenters. The summed E-state index contributed by atoms with van der Waals surface area (Å²) in [6.45, 7) is 6.48. The molecular weight excluding hydrogens is 291 g/mol. The number of hydrogen-bond donors (Lipinski definition) is 1. The predicted molar refractivity (Wildman–Crippen MR) is 89.4 cm³/mol. The smallest absolute Gasteiger partial charge is 0.127 e. The molecule has 4 nitrogen and oxygen atoms in total. The summed E-state index contributed by atoms with van der Waals surface area (Å²) in [7, 11) is 0. The van der Waals surface area contributed by atoms with Crippen LogP contribution < -0.4 is 5.32 Å². The van der Waals surface area contributed by atoms with Gasteiger partial charge >= 0.3 is 0 Å². The third-order valence-electron chi connectivity index (χ3n) is 4.45. The molecule has 1 saturated heterocycles. The van der Waals surface area contributed by atoms with Crippen LogP contribution in [-0.2, 0) is 19.6 Å². The van der Waals surface area contributed by atoms with Crippen molar-refractivity contribution in [2.24, 2.45) is 0 Å². The number of nitrogens with one attached hydrogen (secondary N) is 1. The third-order valence-corrected chi connectivity index (χ3v) is 4.45. The number of aromatic nitrogens is 2. The van der Waals surface area contributed by atoms with E-state index in [0.29, 0.717) is 12.6 Å². The molecule has 0 saturated carbocycles. The van der Waals surface area contributed by atoms with Gasteiger partial charge in [0.05, 0.1) is 5.69 Å². The van der Waals surface area contributed by atoms with Crippen LogP contribution in [0.25, 0.3) is 0 Å². The van der Waals surface area contributed by atoms with Crippen LogP contribution in [0.5, 0.6) is 0 Å². The van der Waals surface area contributed by atoms with Gasteiger partial charge in [-0.15, -0.1) is 0 Å². The van der Waals surface area contributed by atoms with E-state index in [0.717, 1.165) is 43.9 Å². The molecule has 3 rings (SSSR count). The Morgan fingerprint density at radius 1 is 1.30 bits per heavy atom. The molecule has 23 heavy (non-hydrogen) atoms. The van der Waals surface area contributed by atoms with E-state index in [-0.39, 0.29) is 5.82 Å². The number of likely N-dealkylation sites (tertiary alicyclic amines) is 1. The lowest BCUT2D eigenvalue weighted by atomic mass is 10.0. The second-order valence-electron chi connectivity index (χ2n) is 6.21. The van der Waals surface area contributed by atoms with Gasteiger partial charge in [0.25, 0.3) is 0 Å². The first-order chi connectivity index (χ1) is 11.2. The normalized spacial score (nSPS) is 19.1. The average Bonchev–Trinajstić information content (AvgIpc) is 3.04. The highest BCUT2D eigenvalue weighted by Crippen LogP contribution is 2.16. The van der Waals surface area contributed by atoms with Crippen molar-refractivity contribution in [3.05, 3.63) is 53.6 Å². The van der Waals surface area contributed by atoms with E-state index >= 15 is 0 Å². The van der Waals surface area contributed by atoms with Crippen molar-refractivity contribution in [1.29, 1.82) is 0 Å². The van der Waals surface area contributed by atoms with E-state index in [9.17, 15) is 4.39 Å². The molecule has 0 spiro atoms. The van der Waals surface area contributed by atoms with Crippen LogP contribution in [0.4, 0.5) is 4.39 Å². The minimum absolute atomic E-state index is 0.104. The lowest BCUT2D eigenvalue weighted by Crippen LogP contribution is -2.45. The molecule has 1 fully saturated rings. The molecule has 1 aromatic carbocycles. The number of aryl methyl sites for hydroxylation is 1. The van der Waals surface area contributed by atoms with Gasteiger partial charge in [0.1, 0.15) is 5.82 Å². The van der Waals surface area contributed by atoms with Crippen molar-refractivity contribution in [3.8, 4) is 0 Å². The van der Waals surface area contributed by atoms with Gasteiger partial charge in [-0.2, -0.15) is 5.10 Å². The Morgan fingerprint density at radius 2 is 2.17 bits per heavy atom. The van der Waals surface area contributed by atoms with Gasteiger partial charge in [0.15, 0.2) is 0 Å². The first kappa shape index (κ1) is 16.1.